The molecule has 2 aliphatic rings. The monoisotopic (exact) mass is 367 g/mol. The first kappa shape index (κ1) is 21.7. The fourth-order valence-corrected chi connectivity index (χ4v) is 2.61. The lowest BCUT2D eigenvalue weighted by Crippen LogP contribution is -2.39. The molecule has 11 nitrogen and oxygen atoms in total. The van der Waals surface area contributed by atoms with E-state index in [1.807, 2.05) is 13.8 Å². The predicted molar refractivity (Wildman–Crippen MR) is 80.5 cm³/mol. The van der Waals surface area contributed by atoms with Gasteiger partial charge in [-0.05, 0) is 20.3 Å². The summed E-state index contributed by atoms with van der Waals surface area (Å²) in [5, 5.41) is 41.2. The molecule has 0 amide bonds. The zero-order valence-corrected chi connectivity index (χ0v) is 13.9. The van der Waals surface area contributed by atoms with Crippen LogP contribution >= 0.6 is 0 Å². The lowest BCUT2D eigenvalue weighted by Gasteiger charge is -2.22. The SMILES string of the molecule is CC1(C)O[C@@H]2[C@H](O1)[C@H](N)C[C@@H]2OCCO.O=C(O)[C@H](O)[C@@H](O)C(=O)O. The largest absolute Gasteiger partial charge is 0.479 e. The lowest BCUT2D eigenvalue weighted by atomic mass is 10.2. The molecule has 1 saturated heterocycles. The minimum atomic E-state index is -2.27. The highest BCUT2D eigenvalue weighted by molar-refractivity contribution is 5.83. The summed E-state index contributed by atoms with van der Waals surface area (Å²) in [5.74, 6) is -4.11. The number of aliphatic carboxylic acids is 2. The number of ether oxygens (including phenoxy) is 3. The number of hydrogen-bond donors (Lipinski definition) is 6. The van der Waals surface area contributed by atoms with Crippen LogP contribution < -0.4 is 5.73 Å². The Morgan fingerprint density at radius 3 is 2.08 bits per heavy atom. The quantitative estimate of drug-likeness (QED) is 0.291. The maximum absolute atomic E-state index is 9.77. The normalized spacial score (nSPS) is 32.2. The van der Waals surface area contributed by atoms with Crippen LogP contribution in [0.1, 0.15) is 20.3 Å². The lowest BCUT2D eigenvalue weighted by molar-refractivity contribution is -0.168. The second kappa shape index (κ2) is 8.85. The fraction of sp³-hybridized carbons (Fsp3) is 0.857. The Morgan fingerprint density at radius 2 is 1.64 bits per heavy atom. The Hall–Kier alpha value is -1.34. The van der Waals surface area contributed by atoms with Gasteiger partial charge in [-0.15, -0.1) is 0 Å². The molecule has 0 spiro atoms. The Balaban J connectivity index is 0.000000275. The summed E-state index contributed by atoms with van der Waals surface area (Å²) in [5.41, 5.74) is 5.96. The van der Waals surface area contributed by atoms with E-state index in [1.165, 1.54) is 0 Å². The summed E-state index contributed by atoms with van der Waals surface area (Å²) in [6.07, 6.45) is -4.04. The van der Waals surface area contributed by atoms with Gasteiger partial charge in [-0.3, -0.25) is 0 Å². The second-order valence-electron chi connectivity index (χ2n) is 6.16. The minimum Gasteiger partial charge on any atom is -0.479 e. The smallest absolute Gasteiger partial charge is 0.335 e. The van der Waals surface area contributed by atoms with Gasteiger partial charge in [-0.1, -0.05) is 0 Å². The molecule has 11 heteroatoms. The van der Waals surface area contributed by atoms with Crippen LogP contribution in [0, 0.1) is 0 Å². The van der Waals surface area contributed by atoms with E-state index in [1.54, 1.807) is 0 Å². The molecule has 0 aromatic carbocycles. The van der Waals surface area contributed by atoms with Crippen molar-refractivity contribution in [1.82, 2.24) is 0 Å². The van der Waals surface area contributed by atoms with Crippen molar-refractivity contribution in [3.8, 4) is 0 Å². The van der Waals surface area contributed by atoms with Crippen LogP contribution in [0.4, 0.5) is 0 Å². The molecule has 0 radical (unpaired) electrons. The van der Waals surface area contributed by atoms with Crippen molar-refractivity contribution >= 4 is 11.9 Å². The molecule has 7 N–H and O–H groups in total. The van der Waals surface area contributed by atoms with E-state index in [-0.39, 0.29) is 31.0 Å². The van der Waals surface area contributed by atoms with Crippen molar-refractivity contribution < 1.29 is 49.3 Å². The van der Waals surface area contributed by atoms with Crippen LogP contribution in [0.2, 0.25) is 0 Å². The predicted octanol–water partition coefficient (Wildman–Crippen LogP) is -2.51. The molecule has 2 rings (SSSR count). The van der Waals surface area contributed by atoms with Crippen molar-refractivity contribution in [2.75, 3.05) is 13.2 Å². The molecule has 25 heavy (non-hydrogen) atoms. The first-order chi connectivity index (χ1) is 11.5. The van der Waals surface area contributed by atoms with Crippen molar-refractivity contribution in [3.63, 3.8) is 0 Å². The standard InChI is InChI=1S/C10H19NO4.C4H6O6/c1-10(2)14-8-6(11)5-7(9(8)15-10)13-4-3-12;5-1(3(7)8)2(6)4(9)10/h6-9,12H,3-5,11H2,1-2H3;1-2,5-6H,(H,7,8)(H,9,10)/t6-,7+,8-,9+;1-,2-/m11/s1. The molecule has 0 bridgehead atoms. The third kappa shape index (κ3) is 5.85. The average Bonchev–Trinajstić information content (AvgIpc) is 2.98. The second-order valence-corrected chi connectivity index (χ2v) is 6.16. The highest BCUT2D eigenvalue weighted by atomic mass is 16.8. The number of carboxylic acids is 2. The molecule has 0 aromatic rings. The highest BCUT2D eigenvalue weighted by Gasteiger charge is 2.53. The number of aliphatic hydroxyl groups excluding tert-OH is 3. The Labute approximate surface area is 143 Å². The van der Waals surface area contributed by atoms with Crippen molar-refractivity contribution in [2.45, 2.75) is 62.6 Å². The summed E-state index contributed by atoms with van der Waals surface area (Å²) in [7, 11) is 0. The molecule has 146 valence electrons. The molecule has 6 atom stereocenters. The van der Waals surface area contributed by atoms with Crippen molar-refractivity contribution in [2.24, 2.45) is 5.73 Å². The van der Waals surface area contributed by atoms with Gasteiger partial charge in [-0.25, -0.2) is 9.59 Å². The summed E-state index contributed by atoms with van der Waals surface area (Å²) in [4.78, 5) is 19.5. The van der Waals surface area contributed by atoms with Gasteiger partial charge in [0, 0.05) is 6.04 Å². The number of fused-ring (bicyclic) bond motifs is 1. The molecular weight excluding hydrogens is 342 g/mol. The highest BCUT2D eigenvalue weighted by Crippen LogP contribution is 2.38. The maximum Gasteiger partial charge on any atom is 0.335 e. The molecule has 1 saturated carbocycles. The number of carboxylic acid groups (broad SMARTS) is 2. The van der Waals surface area contributed by atoms with E-state index in [9.17, 15) is 9.59 Å². The number of carbonyl (C=O) groups is 2. The van der Waals surface area contributed by atoms with Gasteiger partial charge in [0.15, 0.2) is 18.0 Å². The third-order valence-corrected chi connectivity index (χ3v) is 3.68. The van der Waals surface area contributed by atoms with Gasteiger partial charge >= 0.3 is 11.9 Å². The van der Waals surface area contributed by atoms with E-state index in [4.69, 9.17) is 45.5 Å². The Bertz CT molecular complexity index is 453. The maximum atomic E-state index is 9.77. The zero-order valence-electron chi connectivity index (χ0n) is 13.9. The van der Waals surface area contributed by atoms with E-state index >= 15 is 0 Å². The Kier molecular flexibility index (Phi) is 7.68. The van der Waals surface area contributed by atoms with E-state index in [0.717, 1.165) is 6.42 Å². The molecule has 2 fully saturated rings. The summed E-state index contributed by atoms with van der Waals surface area (Å²) in [6, 6.07) is -0.0412. The number of hydrogen-bond acceptors (Lipinski definition) is 9. The molecule has 0 aromatic heterocycles. The van der Waals surface area contributed by atoms with E-state index in [2.05, 4.69) is 0 Å². The van der Waals surface area contributed by atoms with Crippen LogP contribution in [-0.4, -0.2) is 93.0 Å². The van der Waals surface area contributed by atoms with Gasteiger partial charge < -0.3 is 45.5 Å². The summed E-state index contributed by atoms with van der Waals surface area (Å²) < 4.78 is 16.9. The van der Waals surface area contributed by atoms with Gasteiger partial charge in [-0.2, -0.15) is 0 Å². The van der Waals surface area contributed by atoms with Crippen LogP contribution in [-0.2, 0) is 23.8 Å². The van der Waals surface area contributed by atoms with Gasteiger partial charge in [0.2, 0.25) is 0 Å². The van der Waals surface area contributed by atoms with E-state index < -0.39 is 29.9 Å². The molecular formula is C14H25NO10. The minimum absolute atomic E-state index is 0.0212. The van der Waals surface area contributed by atoms with Crippen LogP contribution in [0.5, 0.6) is 0 Å². The van der Waals surface area contributed by atoms with Crippen LogP contribution in [0.3, 0.4) is 0 Å². The summed E-state index contributed by atoms with van der Waals surface area (Å²) >= 11 is 0. The summed E-state index contributed by atoms with van der Waals surface area (Å²) in [6.45, 7) is 4.10. The fourth-order valence-electron chi connectivity index (χ4n) is 2.61. The first-order valence-corrected chi connectivity index (χ1v) is 7.65. The van der Waals surface area contributed by atoms with Gasteiger partial charge in [0.25, 0.3) is 0 Å². The first-order valence-electron chi connectivity index (χ1n) is 7.65. The number of rotatable bonds is 6. The third-order valence-electron chi connectivity index (χ3n) is 3.68. The average molecular weight is 367 g/mol. The zero-order chi connectivity index (χ0) is 19.4. The van der Waals surface area contributed by atoms with E-state index in [0.29, 0.717) is 6.61 Å². The molecule has 0 unspecified atom stereocenters. The number of nitrogens with two attached hydrogens (primary N) is 1. The van der Waals surface area contributed by atoms with Crippen molar-refractivity contribution in [3.05, 3.63) is 0 Å². The molecule has 1 aliphatic heterocycles. The van der Waals surface area contributed by atoms with Crippen LogP contribution in [0.25, 0.3) is 0 Å². The van der Waals surface area contributed by atoms with Gasteiger partial charge in [0.05, 0.1) is 19.3 Å². The Morgan fingerprint density at radius 1 is 1.16 bits per heavy atom. The topological polar surface area (TPSA) is 189 Å². The van der Waals surface area contributed by atoms with Crippen molar-refractivity contribution in [1.29, 1.82) is 0 Å². The van der Waals surface area contributed by atoms with Crippen LogP contribution in [0.15, 0.2) is 0 Å². The number of aliphatic hydroxyl groups is 3. The molecule has 1 aliphatic carbocycles. The molecule has 1 heterocycles. The van der Waals surface area contributed by atoms with Gasteiger partial charge in [0.1, 0.15) is 12.2 Å².